The van der Waals surface area contributed by atoms with Crippen LogP contribution in [0.4, 0.5) is 0 Å². The molecule has 0 heterocycles. The maximum Gasteiger partial charge on any atom is 0.170 e. The van der Waals surface area contributed by atoms with Crippen molar-refractivity contribution in [3.05, 3.63) is 12.2 Å². The Morgan fingerprint density at radius 3 is 2.56 bits per heavy atom. The molecule has 0 amide bonds. The van der Waals surface area contributed by atoms with Crippen LogP contribution in [0.15, 0.2) is 12.2 Å². The summed E-state index contributed by atoms with van der Waals surface area (Å²) in [5.74, 6) is 0. The minimum Gasteiger partial charge on any atom is -0.306 e. The van der Waals surface area contributed by atoms with Gasteiger partial charge in [0.15, 0.2) is 5.52 Å². The van der Waals surface area contributed by atoms with Crippen LogP contribution in [0.5, 0.6) is 0 Å². The first-order valence-corrected chi connectivity index (χ1v) is 3.31. The Hall–Kier alpha value is -0.200. The number of hydrogen-bond donors (Lipinski definition) is 0. The summed E-state index contributed by atoms with van der Waals surface area (Å²) in [6.07, 6.45) is 3.38. The van der Waals surface area contributed by atoms with Gasteiger partial charge in [0, 0.05) is 6.54 Å². The number of hydrogen-bond acceptors (Lipinski definition) is 2. The summed E-state index contributed by atoms with van der Waals surface area (Å²) in [7, 11) is 6.01. The summed E-state index contributed by atoms with van der Waals surface area (Å²) >= 11 is 0. The molecule has 52 valence electrons. The molecule has 0 radical (unpaired) electrons. The molecule has 0 spiro atoms. The molecule has 0 N–H and O–H groups in total. The molecule has 0 saturated heterocycles. The average molecular weight is 145 g/mol. The molecule has 0 bridgehead atoms. The number of rotatable bonds is 3. The highest BCUT2D eigenvalue weighted by Crippen LogP contribution is 1.86. The highest BCUT2D eigenvalue weighted by Gasteiger charge is 1.83. The van der Waals surface area contributed by atoms with E-state index in [1.54, 1.807) is 6.08 Å². The molecule has 0 saturated carbocycles. The van der Waals surface area contributed by atoms with Gasteiger partial charge in [-0.2, -0.15) is 0 Å². The van der Waals surface area contributed by atoms with Crippen molar-refractivity contribution in [2.75, 3.05) is 20.6 Å². The summed E-state index contributed by atoms with van der Waals surface area (Å²) in [4.78, 5) is 12.3. The zero-order chi connectivity index (χ0) is 7.28. The summed E-state index contributed by atoms with van der Waals surface area (Å²) in [5, 5.41) is 0. The Labute approximate surface area is 58.1 Å². The van der Waals surface area contributed by atoms with Crippen molar-refractivity contribution in [2.45, 2.75) is 0 Å². The lowest BCUT2D eigenvalue weighted by molar-refractivity contribution is -0.107. The molecular formula is C6H12NOP. The topological polar surface area (TPSA) is 20.3 Å². The highest BCUT2D eigenvalue weighted by molar-refractivity contribution is 7.40. The average Bonchev–Trinajstić information content (AvgIpc) is 1.63. The molecular weight excluding hydrogens is 133 g/mol. The fraction of sp³-hybridized carbons (Fsp3) is 0.500. The molecule has 0 aliphatic carbocycles. The van der Waals surface area contributed by atoms with Crippen LogP contribution in [0.2, 0.25) is 0 Å². The van der Waals surface area contributed by atoms with E-state index in [4.69, 9.17) is 0 Å². The summed E-state index contributed by atoms with van der Waals surface area (Å²) in [5.41, 5.74) is 0.0249. The lowest BCUT2D eigenvalue weighted by Gasteiger charge is -2.02. The SMILES string of the molecule is CN(C)C/C=C/C(=O)P. The van der Waals surface area contributed by atoms with Crippen LogP contribution >= 0.6 is 9.24 Å². The third kappa shape index (κ3) is 7.80. The fourth-order valence-electron chi connectivity index (χ4n) is 0.380. The van der Waals surface area contributed by atoms with Crippen LogP contribution < -0.4 is 0 Å². The van der Waals surface area contributed by atoms with Crippen LogP contribution in [-0.4, -0.2) is 31.1 Å². The molecule has 1 atom stereocenters. The molecule has 0 aromatic carbocycles. The number of carbonyl (C=O) groups is 1. The molecule has 0 aliphatic heterocycles. The van der Waals surface area contributed by atoms with Crippen molar-refractivity contribution >= 4 is 14.8 Å². The molecule has 0 fully saturated rings. The maximum absolute atomic E-state index is 10.3. The normalized spacial score (nSPS) is 11.1. The molecule has 0 rings (SSSR count). The first kappa shape index (κ1) is 8.80. The van der Waals surface area contributed by atoms with Gasteiger partial charge >= 0.3 is 0 Å². The van der Waals surface area contributed by atoms with Crippen LogP contribution in [-0.2, 0) is 4.79 Å². The van der Waals surface area contributed by atoms with E-state index in [9.17, 15) is 4.79 Å². The van der Waals surface area contributed by atoms with Crippen LogP contribution in [0, 0.1) is 0 Å². The van der Waals surface area contributed by atoms with Crippen molar-refractivity contribution in [2.24, 2.45) is 0 Å². The van der Waals surface area contributed by atoms with E-state index in [0.717, 1.165) is 6.54 Å². The van der Waals surface area contributed by atoms with E-state index < -0.39 is 0 Å². The number of carbonyl (C=O) groups excluding carboxylic acids is 1. The lowest BCUT2D eigenvalue weighted by atomic mass is 10.5. The van der Waals surface area contributed by atoms with Crippen LogP contribution in [0.3, 0.4) is 0 Å². The van der Waals surface area contributed by atoms with Gasteiger partial charge in [-0.3, -0.25) is 4.79 Å². The number of nitrogens with zero attached hydrogens (tertiary/aromatic N) is 1. The third-order valence-corrected chi connectivity index (χ3v) is 0.945. The van der Waals surface area contributed by atoms with E-state index in [0.29, 0.717) is 0 Å². The maximum atomic E-state index is 10.3. The molecule has 1 unspecified atom stereocenters. The first-order valence-electron chi connectivity index (χ1n) is 2.73. The van der Waals surface area contributed by atoms with E-state index in [1.165, 1.54) is 0 Å². The molecule has 0 aromatic heterocycles. The van der Waals surface area contributed by atoms with Crippen molar-refractivity contribution in [3.8, 4) is 0 Å². The predicted molar refractivity (Wildman–Crippen MR) is 42.4 cm³/mol. The van der Waals surface area contributed by atoms with Gasteiger partial charge in [0.25, 0.3) is 0 Å². The van der Waals surface area contributed by atoms with E-state index in [2.05, 4.69) is 9.24 Å². The summed E-state index contributed by atoms with van der Waals surface area (Å²) in [6.45, 7) is 0.820. The van der Waals surface area contributed by atoms with Crippen molar-refractivity contribution < 1.29 is 4.79 Å². The molecule has 0 aliphatic rings. The first-order chi connectivity index (χ1) is 4.13. The van der Waals surface area contributed by atoms with E-state index >= 15 is 0 Å². The highest BCUT2D eigenvalue weighted by atomic mass is 31.0. The largest absolute Gasteiger partial charge is 0.306 e. The summed E-state index contributed by atoms with van der Waals surface area (Å²) in [6, 6.07) is 0. The van der Waals surface area contributed by atoms with Crippen molar-refractivity contribution in [1.82, 2.24) is 4.90 Å². The third-order valence-electron chi connectivity index (χ3n) is 0.753. The molecule has 9 heavy (non-hydrogen) atoms. The Balaban J connectivity index is 3.36. The van der Waals surface area contributed by atoms with Crippen LogP contribution in [0.25, 0.3) is 0 Å². The second-order valence-corrected chi connectivity index (χ2v) is 2.64. The smallest absolute Gasteiger partial charge is 0.170 e. The van der Waals surface area contributed by atoms with Gasteiger partial charge in [-0.05, 0) is 20.2 Å². The van der Waals surface area contributed by atoms with Crippen LogP contribution in [0.1, 0.15) is 0 Å². The predicted octanol–water partition coefficient (Wildman–Crippen LogP) is 0.506. The number of likely N-dealkylation sites (N-methyl/N-ethyl adjacent to an activating group) is 1. The Morgan fingerprint density at radius 2 is 2.22 bits per heavy atom. The lowest BCUT2D eigenvalue weighted by Crippen LogP contribution is -2.10. The van der Waals surface area contributed by atoms with Gasteiger partial charge in [-0.25, -0.2) is 0 Å². The molecule has 3 heteroatoms. The van der Waals surface area contributed by atoms with Crippen molar-refractivity contribution in [1.29, 1.82) is 0 Å². The quantitative estimate of drug-likeness (QED) is 0.426. The zero-order valence-electron chi connectivity index (χ0n) is 5.79. The Kier molecular flexibility index (Phi) is 4.55. The van der Waals surface area contributed by atoms with Gasteiger partial charge in [-0.1, -0.05) is 15.3 Å². The zero-order valence-corrected chi connectivity index (χ0v) is 6.95. The van der Waals surface area contributed by atoms with Gasteiger partial charge in [0.1, 0.15) is 0 Å². The minimum atomic E-state index is 0.0249. The van der Waals surface area contributed by atoms with Gasteiger partial charge in [0.05, 0.1) is 0 Å². The van der Waals surface area contributed by atoms with Crippen molar-refractivity contribution in [3.63, 3.8) is 0 Å². The second-order valence-electron chi connectivity index (χ2n) is 2.07. The second kappa shape index (κ2) is 4.66. The van der Waals surface area contributed by atoms with Gasteiger partial charge in [0.2, 0.25) is 0 Å². The van der Waals surface area contributed by atoms with E-state index in [-0.39, 0.29) is 5.52 Å². The fourth-order valence-corrected chi connectivity index (χ4v) is 0.516. The molecule has 2 nitrogen and oxygen atoms in total. The van der Waals surface area contributed by atoms with Gasteiger partial charge < -0.3 is 4.90 Å². The monoisotopic (exact) mass is 145 g/mol. The number of allylic oxidation sites excluding steroid dienone is 1. The Morgan fingerprint density at radius 1 is 1.67 bits per heavy atom. The summed E-state index contributed by atoms with van der Waals surface area (Å²) < 4.78 is 0. The minimum absolute atomic E-state index is 0.0249. The Bertz CT molecular complexity index is 120. The standard InChI is InChI=1S/C6H12NOP/c1-7(2)5-3-4-6(8)9/h3-4H,5,9H2,1-2H3/b4-3+. The van der Waals surface area contributed by atoms with E-state index in [1.807, 2.05) is 25.1 Å². The molecule has 0 aromatic rings. The van der Waals surface area contributed by atoms with Gasteiger partial charge in [-0.15, -0.1) is 0 Å².